The molecule has 0 atom stereocenters. The highest BCUT2D eigenvalue weighted by Gasteiger charge is 2.14. The maximum atomic E-state index is 12.3. The van der Waals surface area contributed by atoms with Crippen molar-refractivity contribution in [1.82, 2.24) is 5.43 Å². The van der Waals surface area contributed by atoms with Crippen molar-refractivity contribution in [2.24, 2.45) is 5.10 Å². The number of halogens is 2. The molecule has 3 rings (SSSR count). The van der Waals surface area contributed by atoms with Gasteiger partial charge in [0.15, 0.2) is 0 Å². The van der Waals surface area contributed by atoms with Gasteiger partial charge in [-0.15, -0.1) is 0 Å². The number of amides is 1. The van der Waals surface area contributed by atoms with Crippen molar-refractivity contribution in [2.45, 2.75) is 0 Å². The lowest BCUT2D eigenvalue weighted by Gasteiger charge is -2.07. The smallest absolute Gasteiger partial charge is 0.345 e. The molecule has 31 heavy (non-hydrogen) atoms. The van der Waals surface area contributed by atoms with Gasteiger partial charge in [0.2, 0.25) is 0 Å². The van der Waals surface area contributed by atoms with E-state index in [9.17, 15) is 19.7 Å². The van der Waals surface area contributed by atoms with Gasteiger partial charge in [0.05, 0.1) is 21.7 Å². The molecule has 0 aromatic heterocycles. The number of esters is 1. The van der Waals surface area contributed by atoms with E-state index in [-0.39, 0.29) is 27.6 Å². The molecule has 0 spiro atoms. The zero-order valence-corrected chi connectivity index (χ0v) is 17.1. The van der Waals surface area contributed by atoms with Crippen LogP contribution in [0.4, 0.5) is 5.69 Å². The van der Waals surface area contributed by atoms with E-state index in [1.54, 1.807) is 18.2 Å². The largest absolute Gasteiger partial charge is 0.423 e. The lowest BCUT2D eigenvalue weighted by Crippen LogP contribution is -2.17. The topological polar surface area (TPSA) is 111 Å². The van der Waals surface area contributed by atoms with Crippen LogP contribution in [0.3, 0.4) is 0 Å². The summed E-state index contributed by atoms with van der Waals surface area (Å²) in [6.07, 6.45) is 1.34. The summed E-state index contributed by atoms with van der Waals surface area (Å²) in [6.45, 7) is 0. The van der Waals surface area contributed by atoms with Gasteiger partial charge >= 0.3 is 5.97 Å². The summed E-state index contributed by atoms with van der Waals surface area (Å²) in [5.74, 6) is -1.03. The molecule has 0 unspecified atom stereocenters. The third kappa shape index (κ3) is 5.88. The number of hydrogen-bond donors (Lipinski definition) is 1. The molecule has 3 aromatic carbocycles. The Labute approximate surface area is 186 Å². The molecule has 1 N–H and O–H groups in total. The van der Waals surface area contributed by atoms with Crippen LogP contribution in [-0.2, 0) is 0 Å². The van der Waals surface area contributed by atoms with Gasteiger partial charge < -0.3 is 4.74 Å². The lowest BCUT2D eigenvalue weighted by molar-refractivity contribution is -0.384. The van der Waals surface area contributed by atoms with Gasteiger partial charge in [-0.05, 0) is 42.0 Å². The summed E-state index contributed by atoms with van der Waals surface area (Å²) in [6, 6.07) is 16.1. The summed E-state index contributed by atoms with van der Waals surface area (Å²) in [4.78, 5) is 34.6. The molecule has 0 heterocycles. The molecular weight excluding hydrogens is 445 g/mol. The number of carbonyl (C=O) groups excluding carboxylic acids is 2. The Kier molecular flexibility index (Phi) is 6.96. The fraction of sp³-hybridized carbons (Fsp3) is 0. The van der Waals surface area contributed by atoms with Gasteiger partial charge in [0, 0.05) is 22.7 Å². The molecule has 8 nitrogen and oxygen atoms in total. The average Bonchev–Trinajstić information content (AvgIpc) is 2.74. The molecule has 0 saturated heterocycles. The molecule has 156 valence electrons. The SMILES string of the molecule is O=C(N/N=C\c1cccc(OC(=O)c2ccc(Cl)cc2Cl)c1)c1cccc([N+](=O)[O-])c1. The molecule has 0 aliphatic rings. The van der Waals surface area contributed by atoms with Crippen LogP contribution >= 0.6 is 23.2 Å². The average molecular weight is 458 g/mol. The van der Waals surface area contributed by atoms with Crippen LogP contribution in [0.2, 0.25) is 10.0 Å². The molecule has 0 aliphatic carbocycles. The Balaban J connectivity index is 1.65. The van der Waals surface area contributed by atoms with Gasteiger partial charge in [0.25, 0.3) is 11.6 Å². The number of non-ortho nitro benzene ring substituents is 1. The van der Waals surface area contributed by atoms with Crippen LogP contribution in [0.15, 0.2) is 71.8 Å². The van der Waals surface area contributed by atoms with Gasteiger partial charge in [-0.2, -0.15) is 5.10 Å². The predicted molar refractivity (Wildman–Crippen MR) is 116 cm³/mol. The number of carbonyl (C=O) groups is 2. The van der Waals surface area contributed by atoms with Gasteiger partial charge in [0.1, 0.15) is 5.75 Å². The molecular formula is C21H13Cl2N3O5. The number of nitro benzene ring substituents is 1. The second-order valence-corrected chi connectivity index (χ2v) is 6.94. The van der Waals surface area contributed by atoms with Gasteiger partial charge in [-0.25, -0.2) is 10.2 Å². The Bertz CT molecular complexity index is 1200. The predicted octanol–water partition coefficient (Wildman–Crippen LogP) is 4.88. The van der Waals surface area contributed by atoms with E-state index >= 15 is 0 Å². The molecule has 10 heteroatoms. The Hall–Kier alpha value is -3.75. The fourth-order valence-corrected chi connectivity index (χ4v) is 2.95. The molecule has 0 aliphatic heterocycles. The minimum absolute atomic E-state index is 0.0915. The molecule has 1 amide bonds. The third-order valence-corrected chi connectivity index (χ3v) is 4.47. The number of ether oxygens (including phenoxy) is 1. The van der Waals surface area contributed by atoms with E-state index < -0.39 is 16.8 Å². The highest BCUT2D eigenvalue weighted by molar-refractivity contribution is 6.36. The summed E-state index contributed by atoms with van der Waals surface area (Å²) >= 11 is 11.8. The first kappa shape index (κ1) is 21.9. The van der Waals surface area contributed by atoms with Crippen molar-refractivity contribution in [1.29, 1.82) is 0 Å². The third-order valence-electron chi connectivity index (χ3n) is 3.92. The van der Waals surface area contributed by atoms with E-state index in [0.717, 1.165) is 6.07 Å². The Morgan fingerprint density at radius 3 is 2.55 bits per heavy atom. The van der Waals surface area contributed by atoms with Crippen molar-refractivity contribution in [2.75, 3.05) is 0 Å². The monoisotopic (exact) mass is 457 g/mol. The summed E-state index contributed by atoms with van der Waals surface area (Å²) < 4.78 is 5.31. The van der Waals surface area contributed by atoms with Crippen molar-refractivity contribution in [3.8, 4) is 5.75 Å². The molecule has 3 aromatic rings. The first-order valence-electron chi connectivity index (χ1n) is 8.68. The van der Waals surface area contributed by atoms with E-state index in [0.29, 0.717) is 10.6 Å². The van der Waals surface area contributed by atoms with Crippen LogP contribution in [0.5, 0.6) is 5.75 Å². The van der Waals surface area contributed by atoms with Crippen LogP contribution in [0.25, 0.3) is 0 Å². The number of benzene rings is 3. The van der Waals surface area contributed by atoms with E-state index in [1.165, 1.54) is 48.7 Å². The summed E-state index contributed by atoms with van der Waals surface area (Å²) in [5, 5.41) is 15.2. The Morgan fingerprint density at radius 1 is 1.03 bits per heavy atom. The standard InChI is InChI=1S/C21H13Cl2N3O5/c22-15-7-8-18(19(23)11-15)21(28)31-17-6-1-3-13(9-17)12-24-25-20(27)14-4-2-5-16(10-14)26(29)30/h1-12H,(H,25,27)/b24-12-. The van der Waals surface area contributed by atoms with Crippen molar-refractivity contribution >= 4 is 47.0 Å². The quantitative estimate of drug-likeness (QED) is 0.186. The van der Waals surface area contributed by atoms with Crippen molar-refractivity contribution in [3.63, 3.8) is 0 Å². The second kappa shape index (κ2) is 9.84. The highest BCUT2D eigenvalue weighted by atomic mass is 35.5. The molecule has 0 saturated carbocycles. The molecule has 0 fully saturated rings. The number of nitrogens with one attached hydrogen (secondary N) is 1. The normalized spacial score (nSPS) is 10.6. The van der Waals surface area contributed by atoms with E-state index in [1.807, 2.05) is 0 Å². The number of nitrogens with zero attached hydrogens (tertiary/aromatic N) is 2. The first-order chi connectivity index (χ1) is 14.8. The van der Waals surface area contributed by atoms with Crippen LogP contribution in [0.1, 0.15) is 26.3 Å². The summed E-state index contributed by atoms with van der Waals surface area (Å²) in [5.41, 5.74) is 2.87. The zero-order chi connectivity index (χ0) is 22.4. The van der Waals surface area contributed by atoms with Crippen LogP contribution < -0.4 is 10.2 Å². The van der Waals surface area contributed by atoms with E-state index in [2.05, 4.69) is 10.5 Å². The minimum atomic E-state index is -0.658. The fourth-order valence-electron chi connectivity index (χ4n) is 2.47. The molecule has 0 bridgehead atoms. The van der Waals surface area contributed by atoms with E-state index in [4.69, 9.17) is 27.9 Å². The number of hydrogen-bond acceptors (Lipinski definition) is 6. The maximum Gasteiger partial charge on any atom is 0.345 e. The number of nitro groups is 1. The van der Waals surface area contributed by atoms with Gasteiger partial charge in [-0.1, -0.05) is 41.4 Å². The maximum absolute atomic E-state index is 12.3. The van der Waals surface area contributed by atoms with Crippen molar-refractivity contribution < 1.29 is 19.2 Å². The van der Waals surface area contributed by atoms with Crippen LogP contribution in [-0.4, -0.2) is 23.0 Å². The second-order valence-electron chi connectivity index (χ2n) is 6.09. The van der Waals surface area contributed by atoms with Gasteiger partial charge in [-0.3, -0.25) is 14.9 Å². The van der Waals surface area contributed by atoms with Crippen LogP contribution in [0, 0.1) is 10.1 Å². The lowest BCUT2D eigenvalue weighted by atomic mass is 10.2. The highest BCUT2D eigenvalue weighted by Crippen LogP contribution is 2.23. The number of rotatable bonds is 6. The van der Waals surface area contributed by atoms with Crippen molar-refractivity contribution in [3.05, 3.63) is 104 Å². The first-order valence-corrected chi connectivity index (χ1v) is 9.44. The number of hydrazone groups is 1. The molecule has 0 radical (unpaired) electrons. The zero-order valence-electron chi connectivity index (χ0n) is 15.6. The summed E-state index contributed by atoms with van der Waals surface area (Å²) in [7, 11) is 0. The Morgan fingerprint density at radius 2 is 1.81 bits per heavy atom. The minimum Gasteiger partial charge on any atom is -0.423 e.